The number of amides is 1. The number of nitrogens with one attached hydrogen (secondary N) is 1. The van der Waals surface area contributed by atoms with Crippen molar-refractivity contribution in [2.45, 2.75) is 19.5 Å². The molecule has 1 aliphatic rings. The fourth-order valence-corrected chi connectivity index (χ4v) is 1.51. The average molecular weight is 176 g/mol. The number of benzene rings is 1. The first kappa shape index (κ1) is 8.26. The molecule has 1 aromatic rings. The summed E-state index contributed by atoms with van der Waals surface area (Å²) >= 11 is 0. The van der Waals surface area contributed by atoms with Crippen molar-refractivity contribution < 1.29 is 4.79 Å². The Labute approximate surface area is 76.9 Å². The van der Waals surface area contributed by atoms with E-state index >= 15 is 0 Å². The van der Waals surface area contributed by atoms with Crippen LogP contribution in [0.5, 0.6) is 0 Å². The van der Waals surface area contributed by atoms with Gasteiger partial charge in [-0.25, -0.2) is 0 Å². The summed E-state index contributed by atoms with van der Waals surface area (Å²) in [6.45, 7) is 2.56. The Balaban J connectivity index is 2.48. The summed E-state index contributed by atoms with van der Waals surface area (Å²) in [6, 6.07) is 5.80. The van der Waals surface area contributed by atoms with Gasteiger partial charge in [-0.15, -0.1) is 0 Å². The van der Waals surface area contributed by atoms with Crippen molar-refractivity contribution in [2.75, 3.05) is 0 Å². The Bertz CT molecular complexity index is 358. The first-order valence-electron chi connectivity index (χ1n) is 4.35. The first-order valence-corrected chi connectivity index (χ1v) is 4.35. The summed E-state index contributed by atoms with van der Waals surface area (Å²) in [7, 11) is 0. The van der Waals surface area contributed by atoms with E-state index in [2.05, 4.69) is 5.32 Å². The Hall–Kier alpha value is -1.35. The molecule has 1 aromatic carbocycles. The summed E-state index contributed by atoms with van der Waals surface area (Å²) < 4.78 is 0. The molecule has 0 saturated carbocycles. The van der Waals surface area contributed by atoms with Gasteiger partial charge in [-0.1, -0.05) is 12.1 Å². The quantitative estimate of drug-likeness (QED) is 0.669. The van der Waals surface area contributed by atoms with Gasteiger partial charge in [0.15, 0.2) is 0 Å². The Morgan fingerprint density at radius 1 is 1.54 bits per heavy atom. The molecular weight excluding hydrogens is 164 g/mol. The van der Waals surface area contributed by atoms with Crippen LogP contribution < -0.4 is 11.1 Å². The molecule has 0 fully saturated rings. The van der Waals surface area contributed by atoms with E-state index in [9.17, 15) is 4.79 Å². The number of carbonyl (C=O) groups is 1. The molecule has 1 atom stereocenters. The van der Waals surface area contributed by atoms with Crippen molar-refractivity contribution in [3.63, 3.8) is 0 Å². The number of carbonyl (C=O) groups excluding carboxylic acids is 1. The van der Waals surface area contributed by atoms with Gasteiger partial charge in [-0.05, 0) is 24.1 Å². The van der Waals surface area contributed by atoms with Crippen molar-refractivity contribution in [1.29, 1.82) is 0 Å². The van der Waals surface area contributed by atoms with Crippen LogP contribution >= 0.6 is 0 Å². The van der Waals surface area contributed by atoms with Crippen molar-refractivity contribution in [3.8, 4) is 0 Å². The van der Waals surface area contributed by atoms with E-state index < -0.39 is 0 Å². The van der Waals surface area contributed by atoms with Gasteiger partial charge >= 0.3 is 0 Å². The lowest BCUT2D eigenvalue weighted by atomic mass is 10.0. The minimum Gasteiger partial charge on any atom is -0.348 e. The maximum atomic E-state index is 11.3. The van der Waals surface area contributed by atoms with Crippen LogP contribution in [0.2, 0.25) is 0 Å². The highest BCUT2D eigenvalue weighted by atomic mass is 16.1. The second-order valence-electron chi connectivity index (χ2n) is 3.39. The Kier molecular flexibility index (Phi) is 1.81. The topological polar surface area (TPSA) is 55.1 Å². The molecule has 2 rings (SSSR count). The van der Waals surface area contributed by atoms with Crippen LogP contribution in [0.25, 0.3) is 0 Å². The molecule has 1 aliphatic heterocycles. The fraction of sp³-hybridized carbons (Fsp3) is 0.300. The summed E-state index contributed by atoms with van der Waals surface area (Å²) in [5.74, 6) is 0.0116. The second kappa shape index (κ2) is 2.85. The van der Waals surface area contributed by atoms with Gasteiger partial charge in [0.25, 0.3) is 5.91 Å². The molecule has 3 heteroatoms. The second-order valence-corrected chi connectivity index (χ2v) is 3.39. The lowest BCUT2D eigenvalue weighted by Gasteiger charge is -2.06. The van der Waals surface area contributed by atoms with Crippen LogP contribution in [0.15, 0.2) is 18.2 Å². The van der Waals surface area contributed by atoms with Gasteiger partial charge in [0, 0.05) is 18.2 Å². The maximum Gasteiger partial charge on any atom is 0.251 e. The van der Waals surface area contributed by atoms with E-state index in [1.807, 2.05) is 25.1 Å². The van der Waals surface area contributed by atoms with Crippen LogP contribution in [0.1, 0.15) is 34.5 Å². The smallest absolute Gasteiger partial charge is 0.251 e. The molecular formula is C10H12N2O. The molecule has 1 unspecified atom stereocenters. The van der Waals surface area contributed by atoms with E-state index in [0.717, 1.165) is 16.7 Å². The van der Waals surface area contributed by atoms with Crippen LogP contribution in [0.3, 0.4) is 0 Å². The van der Waals surface area contributed by atoms with Crippen LogP contribution in [-0.2, 0) is 6.54 Å². The van der Waals surface area contributed by atoms with Crippen LogP contribution in [-0.4, -0.2) is 5.91 Å². The Morgan fingerprint density at radius 3 is 3.00 bits per heavy atom. The molecule has 0 bridgehead atoms. The van der Waals surface area contributed by atoms with Crippen LogP contribution in [0, 0.1) is 0 Å². The van der Waals surface area contributed by atoms with Gasteiger partial charge in [-0.2, -0.15) is 0 Å². The minimum atomic E-state index is -0.0151. The molecule has 0 spiro atoms. The summed E-state index contributed by atoms with van der Waals surface area (Å²) in [6.07, 6.45) is 0. The van der Waals surface area contributed by atoms with E-state index in [-0.39, 0.29) is 11.9 Å². The van der Waals surface area contributed by atoms with Crippen molar-refractivity contribution >= 4 is 5.91 Å². The number of hydrogen-bond donors (Lipinski definition) is 2. The number of nitrogens with two attached hydrogens (primary N) is 1. The molecule has 0 aromatic heterocycles. The molecule has 1 amide bonds. The normalized spacial score (nSPS) is 16.6. The molecule has 0 radical (unpaired) electrons. The third-order valence-corrected chi connectivity index (χ3v) is 2.34. The standard InChI is InChI=1S/C10H12N2O/c1-6(11)7-2-3-8-5-12-10(13)9(8)4-7/h2-4,6H,5,11H2,1H3,(H,12,13). The molecule has 0 saturated heterocycles. The third-order valence-electron chi connectivity index (χ3n) is 2.34. The van der Waals surface area contributed by atoms with Crippen molar-refractivity contribution in [3.05, 3.63) is 34.9 Å². The third kappa shape index (κ3) is 1.31. The highest BCUT2D eigenvalue weighted by molar-refractivity contribution is 5.98. The Morgan fingerprint density at radius 2 is 2.31 bits per heavy atom. The molecule has 0 aliphatic carbocycles. The number of hydrogen-bond acceptors (Lipinski definition) is 2. The average Bonchev–Trinajstić information content (AvgIpc) is 2.47. The zero-order chi connectivity index (χ0) is 9.42. The van der Waals surface area contributed by atoms with Crippen molar-refractivity contribution in [2.24, 2.45) is 5.73 Å². The van der Waals surface area contributed by atoms with E-state index in [0.29, 0.717) is 6.54 Å². The zero-order valence-corrected chi connectivity index (χ0v) is 7.50. The van der Waals surface area contributed by atoms with E-state index in [4.69, 9.17) is 5.73 Å². The molecule has 3 nitrogen and oxygen atoms in total. The largest absolute Gasteiger partial charge is 0.348 e. The van der Waals surface area contributed by atoms with Gasteiger partial charge in [0.05, 0.1) is 0 Å². The van der Waals surface area contributed by atoms with Gasteiger partial charge in [0.2, 0.25) is 0 Å². The first-order chi connectivity index (χ1) is 6.18. The summed E-state index contributed by atoms with van der Waals surface area (Å²) in [5.41, 5.74) is 8.57. The van der Waals surface area contributed by atoms with Crippen LogP contribution in [0.4, 0.5) is 0 Å². The van der Waals surface area contributed by atoms with E-state index in [1.165, 1.54) is 0 Å². The number of rotatable bonds is 1. The minimum absolute atomic E-state index is 0.0116. The predicted molar refractivity (Wildman–Crippen MR) is 50.2 cm³/mol. The lowest BCUT2D eigenvalue weighted by molar-refractivity contribution is 0.0965. The molecule has 1 heterocycles. The van der Waals surface area contributed by atoms with Crippen molar-refractivity contribution in [1.82, 2.24) is 5.32 Å². The van der Waals surface area contributed by atoms with E-state index in [1.54, 1.807) is 0 Å². The molecule has 3 N–H and O–H groups in total. The van der Waals surface area contributed by atoms with Gasteiger partial charge in [0.1, 0.15) is 0 Å². The zero-order valence-electron chi connectivity index (χ0n) is 7.50. The predicted octanol–water partition coefficient (Wildman–Crippen LogP) is 0.950. The highest BCUT2D eigenvalue weighted by Crippen LogP contribution is 2.19. The summed E-state index contributed by atoms with van der Waals surface area (Å²) in [5, 5.41) is 2.77. The monoisotopic (exact) mass is 176 g/mol. The lowest BCUT2D eigenvalue weighted by Crippen LogP contribution is -2.13. The molecule has 68 valence electrons. The number of fused-ring (bicyclic) bond motifs is 1. The summed E-state index contributed by atoms with van der Waals surface area (Å²) in [4.78, 5) is 11.3. The van der Waals surface area contributed by atoms with Gasteiger partial charge in [-0.3, -0.25) is 4.79 Å². The highest BCUT2D eigenvalue weighted by Gasteiger charge is 2.18. The fourth-order valence-electron chi connectivity index (χ4n) is 1.51. The van der Waals surface area contributed by atoms with Gasteiger partial charge < -0.3 is 11.1 Å². The SMILES string of the molecule is CC(N)c1ccc2c(c1)C(=O)NC2. The maximum absolute atomic E-state index is 11.3. The molecule has 13 heavy (non-hydrogen) atoms.